The summed E-state index contributed by atoms with van der Waals surface area (Å²) >= 11 is 6.14. The molecule has 0 aliphatic carbocycles. The number of nitrogens with zero attached hydrogens (tertiary/aromatic N) is 1. The highest BCUT2D eigenvalue weighted by molar-refractivity contribution is 6.32. The molecule has 4 heteroatoms. The maximum atomic E-state index is 6.14. The Balaban J connectivity index is 2.14. The van der Waals surface area contributed by atoms with E-state index in [4.69, 9.17) is 22.1 Å². The molecule has 2 N–H and O–H groups in total. The van der Waals surface area contributed by atoms with E-state index in [-0.39, 0.29) is 6.10 Å². The Morgan fingerprint density at radius 1 is 1.33 bits per heavy atom. The van der Waals surface area contributed by atoms with E-state index in [1.807, 2.05) is 43.3 Å². The molecule has 0 aliphatic heterocycles. The number of halogens is 1. The molecule has 18 heavy (non-hydrogen) atoms. The second-order valence-electron chi connectivity index (χ2n) is 3.98. The molecule has 1 atom stereocenters. The van der Waals surface area contributed by atoms with Gasteiger partial charge in [-0.25, -0.2) is 0 Å². The highest BCUT2D eigenvalue weighted by Gasteiger charge is 2.10. The summed E-state index contributed by atoms with van der Waals surface area (Å²) in [6.07, 6.45) is 1.60. The van der Waals surface area contributed by atoms with E-state index in [1.165, 1.54) is 0 Å². The average molecular weight is 263 g/mol. The second kappa shape index (κ2) is 5.85. The zero-order valence-corrected chi connectivity index (χ0v) is 10.9. The van der Waals surface area contributed by atoms with Crippen LogP contribution in [0.4, 0.5) is 0 Å². The minimum absolute atomic E-state index is 0.146. The van der Waals surface area contributed by atoms with Crippen LogP contribution in [0.25, 0.3) is 0 Å². The third-order valence-corrected chi connectivity index (χ3v) is 2.94. The Kier molecular flexibility index (Phi) is 4.18. The van der Waals surface area contributed by atoms with Gasteiger partial charge in [-0.2, -0.15) is 0 Å². The van der Waals surface area contributed by atoms with Crippen LogP contribution in [0, 0.1) is 0 Å². The zero-order chi connectivity index (χ0) is 13.0. The molecule has 0 saturated carbocycles. The predicted molar refractivity (Wildman–Crippen MR) is 72.6 cm³/mol. The van der Waals surface area contributed by atoms with Crippen molar-refractivity contribution < 1.29 is 4.74 Å². The Labute approximate surface area is 112 Å². The molecule has 0 spiro atoms. The summed E-state index contributed by atoms with van der Waals surface area (Å²) in [5, 5.41) is 0.570. The molecule has 1 heterocycles. The van der Waals surface area contributed by atoms with Gasteiger partial charge in [-0.05, 0) is 36.8 Å². The lowest BCUT2D eigenvalue weighted by atomic mass is 10.2. The number of pyridine rings is 1. The van der Waals surface area contributed by atoms with E-state index in [2.05, 4.69) is 4.98 Å². The van der Waals surface area contributed by atoms with Crippen molar-refractivity contribution in [3.63, 3.8) is 0 Å². The minimum atomic E-state index is -0.146. The van der Waals surface area contributed by atoms with Crippen molar-refractivity contribution in [3.8, 4) is 5.75 Å². The first-order valence-corrected chi connectivity index (χ1v) is 6.14. The van der Waals surface area contributed by atoms with E-state index in [9.17, 15) is 0 Å². The molecular formula is C14H15ClN2O. The van der Waals surface area contributed by atoms with Gasteiger partial charge in [0.05, 0.1) is 10.7 Å². The number of nitrogens with two attached hydrogens (primary N) is 1. The molecule has 2 rings (SSSR count). The van der Waals surface area contributed by atoms with Crippen LogP contribution < -0.4 is 10.5 Å². The number of hydrogen-bond donors (Lipinski definition) is 1. The summed E-state index contributed by atoms with van der Waals surface area (Å²) in [7, 11) is 0. The van der Waals surface area contributed by atoms with E-state index in [1.54, 1.807) is 6.20 Å². The Morgan fingerprint density at radius 3 is 2.78 bits per heavy atom. The minimum Gasteiger partial charge on any atom is -0.483 e. The maximum absolute atomic E-state index is 6.14. The van der Waals surface area contributed by atoms with E-state index in [0.717, 1.165) is 11.3 Å². The fraction of sp³-hybridized carbons (Fsp3) is 0.214. The number of benzene rings is 1. The lowest BCUT2D eigenvalue weighted by Gasteiger charge is -2.15. The normalized spacial score (nSPS) is 12.2. The highest BCUT2D eigenvalue weighted by atomic mass is 35.5. The van der Waals surface area contributed by atoms with Gasteiger partial charge in [0.15, 0.2) is 0 Å². The Bertz CT molecular complexity index is 516. The van der Waals surface area contributed by atoms with Crippen LogP contribution in [-0.4, -0.2) is 4.98 Å². The number of aromatic nitrogens is 1. The molecule has 0 saturated heterocycles. The predicted octanol–water partition coefficient (Wildman–Crippen LogP) is 3.33. The second-order valence-corrected chi connectivity index (χ2v) is 4.39. The van der Waals surface area contributed by atoms with Crippen molar-refractivity contribution in [1.29, 1.82) is 0 Å². The standard InChI is InChI=1S/C14H15ClN2O/c1-10(13-4-2-3-7-17-13)18-14-6-5-11(9-16)8-12(14)15/h2-8,10H,9,16H2,1H3. The first-order chi connectivity index (χ1) is 8.70. The van der Waals surface area contributed by atoms with Crippen LogP contribution in [0.1, 0.15) is 24.3 Å². The van der Waals surface area contributed by atoms with Crippen LogP contribution in [0.2, 0.25) is 5.02 Å². The van der Waals surface area contributed by atoms with Crippen LogP contribution in [-0.2, 0) is 6.54 Å². The highest BCUT2D eigenvalue weighted by Crippen LogP contribution is 2.29. The summed E-state index contributed by atoms with van der Waals surface area (Å²) in [4.78, 5) is 4.25. The van der Waals surface area contributed by atoms with Gasteiger partial charge < -0.3 is 10.5 Å². The summed E-state index contributed by atoms with van der Waals surface area (Å²) in [6.45, 7) is 2.41. The molecule has 1 aromatic carbocycles. The largest absolute Gasteiger partial charge is 0.483 e. The quantitative estimate of drug-likeness (QED) is 0.919. The molecule has 1 aromatic heterocycles. The summed E-state index contributed by atoms with van der Waals surface area (Å²) < 4.78 is 5.80. The van der Waals surface area contributed by atoms with Gasteiger partial charge in [-0.15, -0.1) is 0 Å². The maximum Gasteiger partial charge on any atom is 0.138 e. The fourth-order valence-corrected chi connectivity index (χ4v) is 1.88. The Morgan fingerprint density at radius 2 is 2.17 bits per heavy atom. The van der Waals surface area contributed by atoms with Crippen molar-refractivity contribution in [3.05, 3.63) is 58.9 Å². The van der Waals surface area contributed by atoms with Crippen molar-refractivity contribution in [2.45, 2.75) is 19.6 Å². The van der Waals surface area contributed by atoms with Crippen LogP contribution in [0.15, 0.2) is 42.6 Å². The van der Waals surface area contributed by atoms with Gasteiger partial charge in [-0.1, -0.05) is 23.7 Å². The van der Waals surface area contributed by atoms with Crippen molar-refractivity contribution >= 4 is 11.6 Å². The smallest absolute Gasteiger partial charge is 0.138 e. The molecule has 0 aliphatic rings. The van der Waals surface area contributed by atoms with Gasteiger partial charge in [-0.3, -0.25) is 4.98 Å². The van der Waals surface area contributed by atoms with Gasteiger partial charge >= 0.3 is 0 Å². The molecule has 0 radical (unpaired) electrons. The van der Waals surface area contributed by atoms with Gasteiger partial charge in [0.25, 0.3) is 0 Å². The van der Waals surface area contributed by atoms with Gasteiger partial charge in [0, 0.05) is 12.7 Å². The third kappa shape index (κ3) is 3.00. The average Bonchev–Trinajstić information content (AvgIpc) is 2.42. The zero-order valence-electron chi connectivity index (χ0n) is 10.1. The first-order valence-electron chi connectivity index (χ1n) is 5.77. The van der Waals surface area contributed by atoms with Crippen molar-refractivity contribution in [1.82, 2.24) is 4.98 Å². The molecule has 0 amide bonds. The molecule has 2 aromatic rings. The van der Waals surface area contributed by atoms with Crippen molar-refractivity contribution in [2.24, 2.45) is 5.73 Å². The third-order valence-electron chi connectivity index (χ3n) is 2.64. The van der Waals surface area contributed by atoms with Crippen LogP contribution in [0.5, 0.6) is 5.75 Å². The molecule has 1 unspecified atom stereocenters. The lowest BCUT2D eigenvalue weighted by Crippen LogP contribution is -2.05. The SMILES string of the molecule is CC(Oc1ccc(CN)cc1Cl)c1ccccn1. The lowest BCUT2D eigenvalue weighted by molar-refractivity contribution is 0.222. The molecular weight excluding hydrogens is 248 g/mol. The summed E-state index contributed by atoms with van der Waals surface area (Å²) in [5.41, 5.74) is 7.41. The first kappa shape index (κ1) is 12.9. The van der Waals surface area contributed by atoms with E-state index < -0.39 is 0 Å². The van der Waals surface area contributed by atoms with Crippen LogP contribution >= 0.6 is 11.6 Å². The Hall–Kier alpha value is -1.58. The number of ether oxygens (including phenoxy) is 1. The molecule has 0 bridgehead atoms. The topological polar surface area (TPSA) is 48.1 Å². The molecule has 94 valence electrons. The van der Waals surface area contributed by atoms with Crippen LogP contribution in [0.3, 0.4) is 0 Å². The van der Waals surface area contributed by atoms with E-state index >= 15 is 0 Å². The molecule has 3 nitrogen and oxygen atoms in total. The van der Waals surface area contributed by atoms with Crippen molar-refractivity contribution in [2.75, 3.05) is 0 Å². The fourth-order valence-electron chi connectivity index (χ4n) is 1.63. The van der Waals surface area contributed by atoms with E-state index in [0.29, 0.717) is 17.3 Å². The summed E-state index contributed by atoms with van der Waals surface area (Å²) in [5.74, 6) is 0.645. The van der Waals surface area contributed by atoms with Gasteiger partial charge in [0.1, 0.15) is 11.9 Å². The number of hydrogen-bond acceptors (Lipinski definition) is 3. The molecule has 0 fully saturated rings. The number of rotatable bonds is 4. The monoisotopic (exact) mass is 262 g/mol. The summed E-state index contributed by atoms with van der Waals surface area (Å²) in [6, 6.07) is 11.3. The van der Waals surface area contributed by atoms with Gasteiger partial charge in [0.2, 0.25) is 0 Å².